The van der Waals surface area contributed by atoms with Gasteiger partial charge in [-0.15, -0.1) is 0 Å². The van der Waals surface area contributed by atoms with Crippen LogP contribution in [-0.4, -0.2) is 45.7 Å². The summed E-state index contributed by atoms with van der Waals surface area (Å²) in [5.41, 5.74) is 4.23. The summed E-state index contributed by atoms with van der Waals surface area (Å²) in [5, 5.41) is 0. The molecule has 10 nitrogen and oxygen atoms in total. The standard InChI is InChI=1S/C14H14FN3O7/c1-6(20)23-10-9(3-4-19)25-13(11(10)24-7(2)21)18-5-8(15)12(16)17-14(18)22/h3,5,9-11,13H,1-2H3,(H2,16,17,22)/t9-,10-,11-,13-/m1/s1. The molecule has 2 heterocycles. The van der Waals surface area contributed by atoms with Crippen LogP contribution in [0.4, 0.5) is 10.2 Å². The van der Waals surface area contributed by atoms with Crippen LogP contribution in [0, 0.1) is 5.82 Å². The van der Waals surface area contributed by atoms with E-state index in [2.05, 4.69) is 4.98 Å². The van der Waals surface area contributed by atoms with Gasteiger partial charge in [0.05, 0.1) is 6.20 Å². The Morgan fingerprint density at radius 3 is 2.52 bits per heavy atom. The zero-order valence-electron chi connectivity index (χ0n) is 13.2. The van der Waals surface area contributed by atoms with Crippen LogP contribution >= 0.6 is 0 Å². The van der Waals surface area contributed by atoms with E-state index in [0.29, 0.717) is 10.8 Å². The van der Waals surface area contributed by atoms with Crippen molar-refractivity contribution in [2.75, 3.05) is 5.73 Å². The summed E-state index contributed by atoms with van der Waals surface area (Å²) in [7, 11) is 0. The molecule has 0 radical (unpaired) electrons. The largest absolute Gasteiger partial charge is 0.455 e. The number of anilines is 1. The van der Waals surface area contributed by atoms with E-state index >= 15 is 0 Å². The van der Waals surface area contributed by atoms with Gasteiger partial charge in [-0.3, -0.25) is 14.2 Å². The van der Waals surface area contributed by atoms with Gasteiger partial charge in [0.1, 0.15) is 12.0 Å². The fraction of sp³-hybridized carbons (Fsp3) is 0.429. The minimum Gasteiger partial charge on any atom is -0.455 e. The SMILES string of the molecule is CC(=O)O[C@@H]1[C@H](OC(C)=O)[C@@H](C=C=O)O[C@H]1n1cc(F)c(N)nc1=O. The highest BCUT2D eigenvalue weighted by atomic mass is 19.1. The van der Waals surface area contributed by atoms with E-state index in [0.717, 1.165) is 19.9 Å². The van der Waals surface area contributed by atoms with Crippen molar-refractivity contribution in [1.82, 2.24) is 9.55 Å². The molecular formula is C14H14FN3O7. The van der Waals surface area contributed by atoms with E-state index in [1.165, 1.54) is 5.94 Å². The number of hydrogen-bond donors (Lipinski definition) is 1. The van der Waals surface area contributed by atoms with Gasteiger partial charge < -0.3 is 19.9 Å². The number of carbonyl (C=O) groups is 2. The van der Waals surface area contributed by atoms with E-state index in [1.807, 2.05) is 0 Å². The topological polar surface area (TPSA) is 140 Å². The molecule has 0 aliphatic carbocycles. The molecule has 4 atom stereocenters. The lowest BCUT2D eigenvalue weighted by molar-refractivity contribution is -0.165. The maximum Gasteiger partial charge on any atom is 0.351 e. The first-order valence-electron chi connectivity index (χ1n) is 6.99. The van der Waals surface area contributed by atoms with Gasteiger partial charge in [0, 0.05) is 19.9 Å². The molecule has 1 aromatic heterocycles. The summed E-state index contributed by atoms with van der Waals surface area (Å²) in [5.74, 6) is -1.69. The Hall–Kier alpha value is -3.04. The normalized spacial score (nSPS) is 25.1. The second kappa shape index (κ2) is 7.24. The van der Waals surface area contributed by atoms with Gasteiger partial charge in [0.2, 0.25) is 0 Å². The smallest absolute Gasteiger partial charge is 0.351 e. The van der Waals surface area contributed by atoms with E-state index in [4.69, 9.17) is 19.9 Å². The van der Waals surface area contributed by atoms with Gasteiger partial charge in [-0.25, -0.2) is 14.0 Å². The molecule has 0 unspecified atom stereocenters. The third-order valence-electron chi connectivity index (χ3n) is 3.27. The molecule has 2 rings (SSSR count). The number of hydrogen-bond acceptors (Lipinski definition) is 9. The predicted octanol–water partition coefficient (Wildman–Crippen LogP) is -0.887. The van der Waals surface area contributed by atoms with Gasteiger partial charge in [-0.2, -0.15) is 4.98 Å². The summed E-state index contributed by atoms with van der Waals surface area (Å²) in [6.45, 7) is 2.17. The molecule has 1 aliphatic rings. The lowest BCUT2D eigenvalue weighted by Crippen LogP contribution is -2.40. The Balaban J connectivity index is 2.52. The fourth-order valence-electron chi connectivity index (χ4n) is 2.37. The molecule has 1 fully saturated rings. The van der Waals surface area contributed by atoms with Crippen LogP contribution in [0.5, 0.6) is 0 Å². The van der Waals surface area contributed by atoms with Crippen LogP contribution < -0.4 is 11.4 Å². The van der Waals surface area contributed by atoms with Crippen molar-refractivity contribution in [3.05, 3.63) is 28.6 Å². The van der Waals surface area contributed by atoms with Crippen molar-refractivity contribution in [2.24, 2.45) is 0 Å². The van der Waals surface area contributed by atoms with E-state index in [9.17, 15) is 23.6 Å². The van der Waals surface area contributed by atoms with Crippen molar-refractivity contribution in [2.45, 2.75) is 38.4 Å². The molecule has 0 bridgehead atoms. The highest BCUT2D eigenvalue weighted by Gasteiger charge is 2.50. The Bertz CT molecular complexity index is 802. The molecule has 1 aromatic rings. The zero-order valence-corrected chi connectivity index (χ0v) is 13.2. The molecule has 0 aromatic carbocycles. The van der Waals surface area contributed by atoms with E-state index < -0.39 is 53.8 Å². The maximum atomic E-state index is 13.7. The third kappa shape index (κ3) is 3.90. The van der Waals surface area contributed by atoms with Crippen molar-refractivity contribution >= 4 is 23.7 Å². The highest BCUT2D eigenvalue weighted by Crippen LogP contribution is 2.33. The van der Waals surface area contributed by atoms with Crippen LogP contribution in [-0.2, 0) is 28.6 Å². The molecule has 11 heteroatoms. The molecule has 0 spiro atoms. The number of nitrogens with two attached hydrogens (primary N) is 1. The van der Waals surface area contributed by atoms with E-state index in [-0.39, 0.29) is 0 Å². The van der Waals surface area contributed by atoms with E-state index in [1.54, 1.807) is 0 Å². The van der Waals surface area contributed by atoms with Crippen LogP contribution in [0.2, 0.25) is 0 Å². The molecule has 2 N–H and O–H groups in total. The quantitative estimate of drug-likeness (QED) is 0.538. The summed E-state index contributed by atoms with van der Waals surface area (Å²) in [4.78, 5) is 48.6. The molecule has 134 valence electrons. The molecule has 25 heavy (non-hydrogen) atoms. The number of nitrogens with zero attached hydrogens (tertiary/aromatic N) is 2. The minimum absolute atomic E-state index is 0.621. The first kappa shape index (κ1) is 18.3. The van der Waals surface area contributed by atoms with Crippen molar-refractivity contribution < 1.29 is 33.0 Å². The Morgan fingerprint density at radius 1 is 1.36 bits per heavy atom. The van der Waals surface area contributed by atoms with Crippen molar-refractivity contribution in [3.8, 4) is 0 Å². The number of aromatic nitrogens is 2. The van der Waals surface area contributed by atoms with Gasteiger partial charge in [0.15, 0.2) is 30.1 Å². The molecule has 1 aliphatic heterocycles. The lowest BCUT2D eigenvalue weighted by Gasteiger charge is -2.23. The number of nitrogen functional groups attached to an aromatic ring is 1. The zero-order chi connectivity index (χ0) is 18.7. The monoisotopic (exact) mass is 355 g/mol. The number of halogens is 1. The summed E-state index contributed by atoms with van der Waals surface area (Å²) in [6.07, 6.45) is -3.57. The van der Waals surface area contributed by atoms with Gasteiger partial charge in [0.25, 0.3) is 0 Å². The van der Waals surface area contributed by atoms with Crippen LogP contribution in [0.3, 0.4) is 0 Å². The Labute approximate surface area is 140 Å². The van der Waals surface area contributed by atoms with Crippen molar-refractivity contribution in [3.63, 3.8) is 0 Å². The first-order chi connectivity index (χ1) is 11.7. The predicted molar refractivity (Wildman–Crippen MR) is 78.1 cm³/mol. The van der Waals surface area contributed by atoms with Gasteiger partial charge >= 0.3 is 17.6 Å². The maximum absolute atomic E-state index is 13.7. The second-order valence-electron chi connectivity index (χ2n) is 5.09. The second-order valence-corrected chi connectivity index (χ2v) is 5.09. The summed E-state index contributed by atoms with van der Waals surface area (Å²) in [6, 6.07) is 0. The summed E-state index contributed by atoms with van der Waals surface area (Å²) >= 11 is 0. The Kier molecular flexibility index (Phi) is 5.30. The number of rotatable bonds is 4. The summed E-state index contributed by atoms with van der Waals surface area (Å²) < 4.78 is 29.9. The molecule has 0 saturated carbocycles. The first-order valence-corrected chi connectivity index (χ1v) is 6.99. The van der Waals surface area contributed by atoms with Crippen molar-refractivity contribution in [1.29, 1.82) is 0 Å². The van der Waals surface area contributed by atoms with Crippen LogP contribution in [0.15, 0.2) is 17.1 Å². The average molecular weight is 355 g/mol. The third-order valence-corrected chi connectivity index (χ3v) is 3.27. The average Bonchev–Trinajstić information content (AvgIpc) is 2.80. The number of ether oxygens (including phenoxy) is 3. The molecule has 0 amide bonds. The van der Waals surface area contributed by atoms with Gasteiger partial charge in [-0.05, 0) is 0 Å². The molecule has 1 saturated heterocycles. The molecular weight excluding hydrogens is 341 g/mol. The van der Waals surface area contributed by atoms with Crippen LogP contribution in [0.25, 0.3) is 0 Å². The lowest BCUT2D eigenvalue weighted by atomic mass is 10.1. The fourth-order valence-corrected chi connectivity index (χ4v) is 2.37. The highest BCUT2D eigenvalue weighted by molar-refractivity contribution is 5.67. The minimum atomic E-state index is -1.40. The Morgan fingerprint density at radius 2 is 1.96 bits per heavy atom. The number of esters is 2. The number of carbonyl (C=O) groups excluding carboxylic acids is 3. The van der Waals surface area contributed by atoms with Gasteiger partial charge in [-0.1, -0.05) is 0 Å². The van der Waals surface area contributed by atoms with Crippen LogP contribution in [0.1, 0.15) is 20.1 Å².